The first-order valence-electron chi connectivity index (χ1n) is 6.74. The van der Waals surface area contributed by atoms with Gasteiger partial charge in [0.1, 0.15) is 23.1 Å². The third-order valence-corrected chi connectivity index (χ3v) is 3.33. The van der Waals surface area contributed by atoms with Crippen molar-refractivity contribution in [3.63, 3.8) is 0 Å². The molecule has 0 aliphatic rings. The van der Waals surface area contributed by atoms with Crippen molar-refractivity contribution in [2.24, 2.45) is 0 Å². The Morgan fingerprint density at radius 1 is 1.27 bits per heavy atom. The van der Waals surface area contributed by atoms with Crippen molar-refractivity contribution in [2.75, 3.05) is 7.11 Å². The smallest absolute Gasteiger partial charge is 0.308 e. The fraction of sp³-hybridized carbons (Fsp3) is 0.235. The van der Waals surface area contributed by atoms with Gasteiger partial charge >= 0.3 is 5.97 Å². The van der Waals surface area contributed by atoms with E-state index < -0.39 is 11.8 Å². The minimum Gasteiger partial charge on any atom is -0.507 e. The Morgan fingerprint density at radius 3 is 2.45 bits per heavy atom. The molecule has 0 radical (unpaired) electrons. The number of carbonyl (C=O) groups is 1. The highest BCUT2D eigenvalue weighted by Crippen LogP contribution is 2.33. The molecule has 0 aliphatic carbocycles. The Kier molecular flexibility index (Phi) is 4.65. The molecular formula is C17H17FO4. The average molecular weight is 304 g/mol. The molecule has 4 nitrogen and oxygen atoms in total. The number of carbonyl (C=O) groups excluding carboxylic acids is 1. The zero-order valence-corrected chi connectivity index (χ0v) is 12.6. The molecule has 0 bridgehead atoms. The Morgan fingerprint density at radius 2 is 1.91 bits per heavy atom. The molecule has 0 aliphatic heterocycles. The number of phenolic OH excluding ortho intramolecular Hbond substituents is 1. The highest BCUT2D eigenvalue weighted by atomic mass is 19.1. The summed E-state index contributed by atoms with van der Waals surface area (Å²) in [5.41, 5.74) is 1.18. The quantitative estimate of drug-likeness (QED) is 0.695. The molecule has 0 saturated carbocycles. The molecule has 0 fully saturated rings. The van der Waals surface area contributed by atoms with Gasteiger partial charge in [-0.1, -0.05) is 12.1 Å². The maximum Gasteiger partial charge on any atom is 0.308 e. The van der Waals surface area contributed by atoms with Crippen molar-refractivity contribution in [3.05, 3.63) is 52.8 Å². The van der Waals surface area contributed by atoms with Gasteiger partial charge in [-0.3, -0.25) is 4.79 Å². The lowest BCUT2D eigenvalue weighted by Crippen LogP contribution is -2.05. The van der Waals surface area contributed by atoms with Crippen LogP contribution in [0.3, 0.4) is 0 Å². The van der Waals surface area contributed by atoms with Crippen LogP contribution in [0.15, 0.2) is 30.3 Å². The minimum absolute atomic E-state index is 0.0287. The van der Waals surface area contributed by atoms with Crippen molar-refractivity contribution in [1.29, 1.82) is 0 Å². The van der Waals surface area contributed by atoms with Gasteiger partial charge in [0.05, 0.1) is 7.11 Å². The number of methoxy groups -OCH3 is 1. The molecule has 5 heteroatoms. The predicted octanol–water partition coefficient (Wildman–Crippen LogP) is 3.36. The molecule has 2 rings (SSSR count). The summed E-state index contributed by atoms with van der Waals surface area (Å²) in [5, 5.41) is 10.0. The van der Waals surface area contributed by atoms with Gasteiger partial charge in [-0.15, -0.1) is 0 Å². The molecular weight excluding hydrogens is 287 g/mol. The fourth-order valence-electron chi connectivity index (χ4n) is 2.14. The number of esters is 1. The van der Waals surface area contributed by atoms with Crippen molar-refractivity contribution in [3.8, 4) is 17.2 Å². The maximum atomic E-state index is 14.4. The lowest BCUT2D eigenvalue weighted by atomic mass is 10.0. The Labute approximate surface area is 128 Å². The van der Waals surface area contributed by atoms with E-state index in [9.17, 15) is 14.3 Å². The third kappa shape index (κ3) is 3.36. The molecule has 0 spiro atoms. The van der Waals surface area contributed by atoms with Gasteiger partial charge in [0.25, 0.3) is 0 Å². The van der Waals surface area contributed by atoms with Crippen LogP contribution < -0.4 is 9.47 Å². The Hall–Kier alpha value is -2.56. The van der Waals surface area contributed by atoms with Crippen LogP contribution in [-0.4, -0.2) is 18.2 Å². The first-order chi connectivity index (χ1) is 10.4. The van der Waals surface area contributed by atoms with Crippen LogP contribution in [-0.2, 0) is 11.2 Å². The number of aromatic hydroxyl groups is 1. The van der Waals surface area contributed by atoms with E-state index in [4.69, 9.17) is 9.47 Å². The summed E-state index contributed by atoms with van der Waals surface area (Å²) in [6.45, 7) is 2.73. The summed E-state index contributed by atoms with van der Waals surface area (Å²) in [5.74, 6) is -0.650. The summed E-state index contributed by atoms with van der Waals surface area (Å²) < 4.78 is 24.4. The van der Waals surface area contributed by atoms with Crippen LogP contribution >= 0.6 is 0 Å². The zero-order chi connectivity index (χ0) is 16.3. The van der Waals surface area contributed by atoms with Crippen molar-refractivity contribution < 1.29 is 23.8 Å². The number of hydrogen-bond donors (Lipinski definition) is 1. The van der Waals surface area contributed by atoms with Gasteiger partial charge in [-0.25, -0.2) is 4.39 Å². The predicted molar refractivity (Wildman–Crippen MR) is 79.9 cm³/mol. The standard InChI is InChI=1S/C17H17FO4/c1-10-16(22-11(2)19)9-15(20)14(17(10)18)8-12-4-6-13(21-3)7-5-12/h4-7,9,20H,8H2,1-3H3. The van der Waals surface area contributed by atoms with E-state index in [1.54, 1.807) is 31.4 Å². The molecule has 0 saturated heterocycles. The van der Waals surface area contributed by atoms with E-state index in [1.165, 1.54) is 19.9 Å². The van der Waals surface area contributed by atoms with Crippen LogP contribution in [0.25, 0.3) is 0 Å². The molecule has 2 aromatic carbocycles. The first-order valence-corrected chi connectivity index (χ1v) is 6.74. The molecule has 0 aromatic heterocycles. The number of halogens is 1. The average Bonchev–Trinajstić information content (AvgIpc) is 2.49. The van der Waals surface area contributed by atoms with Crippen molar-refractivity contribution in [2.45, 2.75) is 20.3 Å². The SMILES string of the molecule is COc1ccc(Cc2c(O)cc(OC(C)=O)c(C)c2F)cc1. The fourth-order valence-corrected chi connectivity index (χ4v) is 2.14. The topological polar surface area (TPSA) is 55.8 Å². The van der Waals surface area contributed by atoms with Crippen LogP contribution in [0, 0.1) is 12.7 Å². The van der Waals surface area contributed by atoms with E-state index in [1.807, 2.05) is 0 Å². The second-order valence-electron chi connectivity index (χ2n) is 4.93. The molecule has 1 N–H and O–H groups in total. The molecule has 116 valence electrons. The number of phenols is 1. The molecule has 0 atom stereocenters. The van der Waals surface area contributed by atoms with Crippen molar-refractivity contribution >= 4 is 5.97 Å². The Balaban J connectivity index is 2.34. The van der Waals surface area contributed by atoms with Gasteiger partial charge in [0.15, 0.2) is 0 Å². The van der Waals surface area contributed by atoms with E-state index in [0.717, 1.165) is 5.56 Å². The monoisotopic (exact) mass is 304 g/mol. The normalized spacial score (nSPS) is 10.4. The van der Waals surface area contributed by atoms with Crippen LogP contribution in [0.2, 0.25) is 0 Å². The molecule has 0 heterocycles. The summed E-state index contributed by atoms with van der Waals surface area (Å²) in [6, 6.07) is 8.40. The van der Waals surface area contributed by atoms with E-state index in [-0.39, 0.29) is 29.0 Å². The number of benzene rings is 2. The minimum atomic E-state index is -0.577. The van der Waals surface area contributed by atoms with Gasteiger partial charge in [0, 0.05) is 30.5 Å². The van der Waals surface area contributed by atoms with Gasteiger partial charge in [0.2, 0.25) is 0 Å². The third-order valence-electron chi connectivity index (χ3n) is 3.33. The lowest BCUT2D eigenvalue weighted by Gasteiger charge is -2.13. The number of ether oxygens (including phenoxy) is 2. The van der Waals surface area contributed by atoms with Crippen LogP contribution in [0.4, 0.5) is 4.39 Å². The van der Waals surface area contributed by atoms with Gasteiger partial charge in [-0.05, 0) is 24.6 Å². The highest BCUT2D eigenvalue weighted by molar-refractivity contribution is 5.70. The highest BCUT2D eigenvalue weighted by Gasteiger charge is 2.17. The van der Waals surface area contributed by atoms with E-state index >= 15 is 0 Å². The van der Waals surface area contributed by atoms with Crippen LogP contribution in [0.1, 0.15) is 23.6 Å². The molecule has 0 amide bonds. The molecule has 2 aromatic rings. The largest absolute Gasteiger partial charge is 0.507 e. The summed E-state index contributed by atoms with van der Waals surface area (Å²) >= 11 is 0. The van der Waals surface area contributed by atoms with Crippen molar-refractivity contribution in [1.82, 2.24) is 0 Å². The lowest BCUT2D eigenvalue weighted by molar-refractivity contribution is -0.131. The van der Waals surface area contributed by atoms with Gasteiger partial charge < -0.3 is 14.6 Å². The molecule has 22 heavy (non-hydrogen) atoms. The zero-order valence-electron chi connectivity index (χ0n) is 12.6. The summed E-state index contributed by atoms with van der Waals surface area (Å²) in [4.78, 5) is 11.0. The summed E-state index contributed by atoms with van der Waals surface area (Å²) in [6.07, 6.45) is 0.225. The van der Waals surface area contributed by atoms with E-state index in [0.29, 0.717) is 5.75 Å². The number of hydrogen-bond acceptors (Lipinski definition) is 4. The Bertz CT molecular complexity index is 693. The summed E-state index contributed by atoms with van der Waals surface area (Å²) in [7, 11) is 1.57. The van der Waals surface area contributed by atoms with E-state index in [2.05, 4.69) is 0 Å². The van der Waals surface area contributed by atoms with Gasteiger partial charge in [-0.2, -0.15) is 0 Å². The first kappa shape index (κ1) is 15.8. The maximum absolute atomic E-state index is 14.4. The second kappa shape index (κ2) is 6.47. The number of rotatable bonds is 4. The molecule has 0 unspecified atom stereocenters. The second-order valence-corrected chi connectivity index (χ2v) is 4.93. The van der Waals surface area contributed by atoms with Crippen LogP contribution in [0.5, 0.6) is 17.2 Å².